The van der Waals surface area contributed by atoms with E-state index in [0.717, 1.165) is 5.57 Å². The third-order valence-electron chi connectivity index (χ3n) is 2.57. The molecule has 0 aliphatic heterocycles. The van der Waals surface area contributed by atoms with Gasteiger partial charge in [-0.1, -0.05) is 18.7 Å². The molecular formula is C10H16O2. The molecule has 0 heterocycles. The molecule has 0 bridgehead atoms. The van der Waals surface area contributed by atoms with Gasteiger partial charge in [-0.25, -0.2) is 0 Å². The molecule has 1 aliphatic carbocycles. The lowest BCUT2D eigenvalue weighted by atomic mass is 9.79. The Hall–Kier alpha value is -0.600. The molecule has 2 N–H and O–H groups in total. The van der Waals surface area contributed by atoms with Crippen molar-refractivity contribution in [3.8, 4) is 0 Å². The van der Waals surface area contributed by atoms with E-state index in [2.05, 4.69) is 13.2 Å². The van der Waals surface area contributed by atoms with E-state index in [4.69, 9.17) is 0 Å². The van der Waals surface area contributed by atoms with Crippen molar-refractivity contribution in [3.63, 3.8) is 0 Å². The van der Waals surface area contributed by atoms with Gasteiger partial charge < -0.3 is 10.2 Å². The Balaban J connectivity index is 2.65. The minimum Gasteiger partial charge on any atom is -0.389 e. The van der Waals surface area contributed by atoms with Crippen molar-refractivity contribution in [2.75, 3.05) is 0 Å². The third-order valence-corrected chi connectivity index (χ3v) is 2.57. The van der Waals surface area contributed by atoms with Gasteiger partial charge in [0.05, 0.1) is 12.2 Å². The number of rotatable bonds is 1. The summed E-state index contributed by atoms with van der Waals surface area (Å²) < 4.78 is 0. The summed E-state index contributed by atoms with van der Waals surface area (Å²) in [5.41, 5.74) is 1.58. The molecule has 1 unspecified atom stereocenters. The van der Waals surface area contributed by atoms with Crippen LogP contribution in [0, 0.1) is 5.92 Å². The molecule has 0 aromatic heterocycles. The Morgan fingerprint density at radius 3 is 2.08 bits per heavy atom. The third kappa shape index (κ3) is 1.76. The highest BCUT2D eigenvalue weighted by molar-refractivity contribution is 5.16. The van der Waals surface area contributed by atoms with Crippen LogP contribution in [0.2, 0.25) is 0 Å². The van der Waals surface area contributed by atoms with Gasteiger partial charge in [0.25, 0.3) is 0 Å². The van der Waals surface area contributed by atoms with E-state index in [-0.39, 0.29) is 5.92 Å². The van der Waals surface area contributed by atoms with E-state index in [1.165, 1.54) is 0 Å². The first-order valence-corrected chi connectivity index (χ1v) is 4.22. The first-order valence-electron chi connectivity index (χ1n) is 4.22. The van der Waals surface area contributed by atoms with Crippen LogP contribution in [-0.4, -0.2) is 22.4 Å². The standard InChI is InChI=1S/C10H16O2/c1-6(2)8-4-9(11)7(3)10(12)5-8/h8-12H,1,3-5H2,2H3/t8?,9-,10+. The van der Waals surface area contributed by atoms with Crippen molar-refractivity contribution in [2.24, 2.45) is 5.92 Å². The fourth-order valence-corrected chi connectivity index (χ4v) is 1.56. The van der Waals surface area contributed by atoms with Crippen molar-refractivity contribution in [3.05, 3.63) is 24.3 Å². The maximum atomic E-state index is 9.47. The molecule has 0 aromatic rings. The molecule has 0 spiro atoms. The zero-order valence-electron chi connectivity index (χ0n) is 7.45. The lowest BCUT2D eigenvalue weighted by molar-refractivity contribution is 0.0804. The van der Waals surface area contributed by atoms with Crippen molar-refractivity contribution in [1.29, 1.82) is 0 Å². The molecule has 68 valence electrons. The van der Waals surface area contributed by atoms with Crippen LogP contribution in [0.3, 0.4) is 0 Å². The monoisotopic (exact) mass is 168 g/mol. The summed E-state index contributed by atoms with van der Waals surface area (Å²) in [7, 11) is 0. The van der Waals surface area contributed by atoms with Gasteiger partial charge >= 0.3 is 0 Å². The summed E-state index contributed by atoms with van der Waals surface area (Å²) in [6.07, 6.45) is 0.196. The molecule has 2 nitrogen and oxygen atoms in total. The second-order valence-corrected chi connectivity index (χ2v) is 3.62. The van der Waals surface area contributed by atoms with Crippen LogP contribution < -0.4 is 0 Å². The van der Waals surface area contributed by atoms with E-state index in [0.29, 0.717) is 18.4 Å². The average Bonchev–Trinajstić information content (AvgIpc) is 1.99. The Kier molecular flexibility index (Phi) is 2.70. The molecule has 1 aliphatic rings. The number of aliphatic hydroxyl groups is 2. The fourth-order valence-electron chi connectivity index (χ4n) is 1.56. The maximum Gasteiger partial charge on any atom is 0.0778 e. The molecular weight excluding hydrogens is 152 g/mol. The van der Waals surface area contributed by atoms with E-state index in [1.807, 2.05) is 6.92 Å². The molecule has 0 saturated heterocycles. The average molecular weight is 168 g/mol. The molecule has 2 heteroatoms. The smallest absolute Gasteiger partial charge is 0.0778 e. The van der Waals surface area contributed by atoms with E-state index in [1.54, 1.807) is 0 Å². The number of allylic oxidation sites excluding steroid dienone is 1. The van der Waals surface area contributed by atoms with Gasteiger partial charge in [0.2, 0.25) is 0 Å². The van der Waals surface area contributed by atoms with Crippen LogP contribution in [0.1, 0.15) is 19.8 Å². The number of hydrogen-bond donors (Lipinski definition) is 2. The van der Waals surface area contributed by atoms with Gasteiger partial charge in [-0.3, -0.25) is 0 Å². The molecule has 0 radical (unpaired) electrons. The van der Waals surface area contributed by atoms with Crippen LogP contribution in [0.25, 0.3) is 0 Å². The molecule has 3 atom stereocenters. The van der Waals surface area contributed by atoms with Gasteiger partial charge in [0, 0.05) is 0 Å². The first-order chi connectivity index (χ1) is 5.52. The van der Waals surface area contributed by atoms with E-state index < -0.39 is 12.2 Å². The van der Waals surface area contributed by atoms with Crippen molar-refractivity contribution < 1.29 is 10.2 Å². The number of hydrogen-bond acceptors (Lipinski definition) is 2. The lowest BCUT2D eigenvalue weighted by Crippen LogP contribution is -2.32. The van der Waals surface area contributed by atoms with Crippen LogP contribution in [0.5, 0.6) is 0 Å². The molecule has 1 fully saturated rings. The molecule has 12 heavy (non-hydrogen) atoms. The van der Waals surface area contributed by atoms with E-state index >= 15 is 0 Å². The van der Waals surface area contributed by atoms with Gasteiger partial charge in [0.1, 0.15) is 0 Å². The van der Waals surface area contributed by atoms with Crippen LogP contribution in [-0.2, 0) is 0 Å². The summed E-state index contributed by atoms with van der Waals surface area (Å²) >= 11 is 0. The van der Waals surface area contributed by atoms with Crippen molar-refractivity contribution in [2.45, 2.75) is 32.0 Å². The Morgan fingerprint density at radius 1 is 1.33 bits per heavy atom. The summed E-state index contributed by atoms with van der Waals surface area (Å²) in [4.78, 5) is 0. The van der Waals surface area contributed by atoms with Gasteiger partial charge in [-0.05, 0) is 31.3 Å². The predicted octanol–water partition coefficient (Wildman–Crippen LogP) is 1.25. The summed E-state index contributed by atoms with van der Waals surface area (Å²) in [5.74, 6) is 0.237. The predicted molar refractivity (Wildman–Crippen MR) is 48.7 cm³/mol. The Bertz CT molecular complexity index is 194. The van der Waals surface area contributed by atoms with Crippen molar-refractivity contribution >= 4 is 0 Å². The maximum absolute atomic E-state index is 9.47. The van der Waals surface area contributed by atoms with Gasteiger partial charge in [0.15, 0.2) is 0 Å². The molecule has 0 aromatic carbocycles. The Morgan fingerprint density at radius 2 is 1.75 bits per heavy atom. The highest BCUT2D eigenvalue weighted by Gasteiger charge is 2.29. The molecule has 1 saturated carbocycles. The van der Waals surface area contributed by atoms with Crippen molar-refractivity contribution in [1.82, 2.24) is 0 Å². The highest BCUT2D eigenvalue weighted by atomic mass is 16.3. The summed E-state index contributed by atoms with van der Waals surface area (Å²) in [6, 6.07) is 0. The number of aliphatic hydroxyl groups excluding tert-OH is 2. The zero-order chi connectivity index (χ0) is 9.30. The lowest BCUT2D eigenvalue weighted by Gasteiger charge is -2.32. The highest BCUT2D eigenvalue weighted by Crippen LogP contribution is 2.31. The van der Waals surface area contributed by atoms with Crippen LogP contribution in [0.15, 0.2) is 24.3 Å². The second-order valence-electron chi connectivity index (χ2n) is 3.62. The summed E-state index contributed by atoms with van der Waals surface area (Å²) in [5, 5.41) is 18.9. The first kappa shape index (κ1) is 9.49. The quantitative estimate of drug-likeness (QED) is 0.578. The summed E-state index contributed by atoms with van der Waals surface area (Å²) in [6.45, 7) is 9.39. The molecule has 0 amide bonds. The minimum atomic E-state index is -0.560. The zero-order valence-corrected chi connectivity index (χ0v) is 7.45. The van der Waals surface area contributed by atoms with Gasteiger partial charge in [-0.15, -0.1) is 0 Å². The Labute approximate surface area is 73.2 Å². The SMILES string of the molecule is C=C(C)C1C[C@@H](O)C(=C)[C@@H](O)C1. The topological polar surface area (TPSA) is 40.5 Å². The normalized spacial score (nSPS) is 36.6. The second kappa shape index (κ2) is 3.42. The van der Waals surface area contributed by atoms with Crippen LogP contribution in [0.4, 0.5) is 0 Å². The largest absolute Gasteiger partial charge is 0.389 e. The van der Waals surface area contributed by atoms with Crippen LogP contribution >= 0.6 is 0 Å². The molecule has 1 rings (SSSR count). The minimum absolute atomic E-state index is 0.237. The fraction of sp³-hybridized carbons (Fsp3) is 0.600. The van der Waals surface area contributed by atoms with E-state index in [9.17, 15) is 10.2 Å². The van der Waals surface area contributed by atoms with Gasteiger partial charge in [-0.2, -0.15) is 0 Å².